The van der Waals surface area contributed by atoms with Crippen molar-refractivity contribution in [2.24, 2.45) is 5.92 Å². The largest absolute Gasteiger partial charge is 0.317 e. The third kappa shape index (κ3) is 4.08. The Labute approximate surface area is 119 Å². The Morgan fingerprint density at radius 1 is 1.28 bits per heavy atom. The zero-order valence-electron chi connectivity index (χ0n) is 11.2. The number of hydrogen-bond donors (Lipinski definition) is 1. The van der Waals surface area contributed by atoms with E-state index in [1.807, 2.05) is 0 Å². The van der Waals surface area contributed by atoms with Gasteiger partial charge in [-0.25, -0.2) is 0 Å². The number of benzene rings is 1. The van der Waals surface area contributed by atoms with Gasteiger partial charge < -0.3 is 5.32 Å². The Hall–Kier alpha value is -0.380. The van der Waals surface area contributed by atoms with E-state index in [0.717, 1.165) is 19.0 Å². The number of halogens is 1. The topological polar surface area (TPSA) is 15.3 Å². The van der Waals surface area contributed by atoms with E-state index in [4.69, 9.17) is 0 Å². The molecule has 1 aliphatic rings. The normalized spacial score (nSPS) is 18.1. The van der Waals surface area contributed by atoms with Gasteiger partial charge in [0.05, 0.1) is 0 Å². The maximum atomic E-state index is 3.63. The summed E-state index contributed by atoms with van der Waals surface area (Å²) in [6.45, 7) is 8.02. The van der Waals surface area contributed by atoms with Crippen molar-refractivity contribution in [3.8, 4) is 0 Å². The second-order valence-corrected chi connectivity index (χ2v) is 5.97. The first-order valence-electron chi connectivity index (χ1n) is 6.96. The van der Waals surface area contributed by atoms with Gasteiger partial charge in [-0.2, -0.15) is 0 Å². The van der Waals surface area contributed by atoms with E-state index in [0.29, 0.717) is 0 Å². The van der Waals surface area contributed by atoms with Crippen LogP contribution in [0.1, 0.15) is 25.3 Å². The first-order valence-corrected chi connectivity index (χ1v) is 7.75. The van der Waals surface area contributed by atoms with Gasteiger partial charge in [-0.1, -0.05) is 41.1 Å². The number of nitrogens with one attached hydrogen (secondary N) is 1. The predicted octanol–water partition coefficient (Wildman–Crippen LogP) is 3.27. The predicted molar refractivity (Wildman–Crippen MR) is 80.7 cm³/mol. The molecule has 3 heteroatoms. The lowest BCUT2D eigenvalue weighted by Gasteiger charge is -2.32. The Balaban J connectivity index is 1.78. The zero-order valence-corrected chi connectivity index (χ0v) is 12.7. The highest BCUT2D eigenvalue weighted by Crippen LogP contribution is 2.22. The van der Waals surface area contributed by atoms with Gasteiger partial charge in [0.25, 0.3) is 0 Å². The second-order valence-electron chi connectivity index (χ2n) is 5.12. The van der Waals surface area contributed by atoms with Crippen molar-refractivity contribution >= 4 is 15.9 Å². The van der Waals surface area contributed by atoms with E-state index in [9.17, 15) is 0 Å². The molecule has 0 aliphatic carbocycles. The lowest BCUT2D eigenvalue weighted by atomic mass is 9.96. The third-order valence-corrected chi connectivity index (χ3v) is 4.52. The fourth-order valence-electron chi connectivity index (χ4n) is 2.56. The molecule has 100 valence electrons. The molecule has 1 aliphatic heterocycles. The molecule has 0 saturated carbocycles. The molecule has 18 heavy (non-hydrogen) atoms. The van der Waals surface area contributed by atoms with E-state index >= 15 is 0 Å². The van der Waals surface area contributed by atoms with Gasteiger partial charge >= 0.3 is 0 Å². The summed E-state index contributed by atoms with van der Waals surface area (Å²) in [5.41, 5.74) is 1.41. The summed E-state index contributed by atoms with van der Waals surface area (Å²) in [5.74, 6) is 0.875. The highest BCUT2D eigenvalue weighted by molar-refractivity contribution is 9.10. The SMILES string of the molecule is CCNCC1CCN(Cc2ccccc2Br)CC1. The molecule has 1 N–H and O–H groups in total. The third-order valence-electron chi connectivity index (χ3n) is 3.74. The van der Waals surface area contributed by atoms with Crippen molar-refractivity contribution in [2.75, 3.05) is 26.2 Å². The fourth-order valence-corrected chi connectivity index (χ4v) is 2.97. The van der Waals surface area contributed by atoms with Crippen molar-refractivity contribution in [3.05, 3.63) is 34.3 Å². The number of likely N-dealkylation sites (tertiary alicyclic amines) is 1. The summed E-state index contributed by atoms with van der Waals surface area (Å²) < 4.78 is 1.24. The van der Waals surface area contributed by atoms with Crippen molar-refractivity contribution in [3.63, 3.8) is 0 Å². The van der Waals surface area contributed by atoms with Crippen LogP contribution in [0.5, 0.6) is 0 Å². The molecule has 0 amide bonds. The van der Waals surface area contributed by atoms with E-state index in [-0.39, 0.29) is 0 Å². The van der Waals surface area contributed by atoms with Gasteiger partial charge in [0.1, 0.15) is 0 Å². The van der Waals surface area contributed by atoms with Gasteiger partial charge in [-0.3, -0.25) is 4.90 Å². The molecule has 0 atom stereocenters. The molecule has 0 bridgehead atoms. The molecule has 0 radical (unpaired) electrons. The highest BCUT2D eigenvalue weighted by Gasteiger charge is 2.19. The van der Waals surface area contributed by atoms with E-state index < -0.39 is 0 Å². The number of nitrogens with zero attached hydrogens (tertiary/aromatic N) is 1. The van der Waals surface area contributed by atoms with Crippen LogP contribution >= 0.6 is 15.9 Å². The molecule has 2 rings (SSSR count). The number of hydrogen-bond acceptors (Lipinski definition) is 2. The van der Waals surface area contributed by atoms with E-state index in [2.05, 4.69) is 57.3 Å². The first-order chi connectivity index (χ1) is 8.79. The van der Waals surface area contributed by atoms with Crippen LogP contribution in [0, 0.1) is 5.92 Å². The van der Waals surface area contributed by atoms with Crippen LogP contribution in [-0.4, -0.2) is 31.1 Å². The highest BCUT2D eigenvalue weighted by atomic mass is 79.9. The Morgan fingerprint density at radius 3 is 2.67 bits per heavy atom. The summed E-state index contributed by atoms with van der Waals surface area (Å²) in [7, 11) is 0. The summed E-state index contributed by atoms with van der Waals surface area (Å²) in [6.07, 6.45) is 2.66. The van der Waals surface area contributed by atoms with Gasteiger partial charge in [-0.05, 0) is 56.6 Å². The van der Waals surface area contributed by atoms with Crippen LogP contribution in [0.3, 0.4) is 0 Å². The molecule has 1 saturated heterocycles. The smallest absolute Gasteiger partial charge is 0.0244 e. The minimum absolute atomic E-state index is 0.875. The maximum absolute atomic E-state index is 3.63. The maximum Gasteiger partial charge on any atom is 0.0244 e. The summed E-state index contributed by atoms with van der Waals surface area (Å²) in [4.78, 5) is 2.57. The molecular weight excluding hydrogens is 288 g/mol. The van der Waals surface area contributed by atoms with E-state index in [1.54, 1.807) is 0 Å². The molecule has 1 aromatic carbocycles. The van der Waals surface area contributed by atoms with Gasteiger partial charge in [0.15, 0.2) is 0 Å². The van der Waals surface area contributed by atoms with Crippen LogP contribution < -0.4 is 5.32 Å². The first kappa shape index (κ1) is 14.0. The summed E-state index contributed by atoms with van der Waals surface area (Å²) in [5, 5.41) is 3.47. The van der Waals surface area contributed by atoms with Crippen LogP contribution in [-0.2, 0) is 6.54 Å². The molecule has 1 aromatic rings. The molecule has 2 nitrogen and oxygen atoms in total. The van der Waals surface area contributed by atoms with Crippen LogP contribution in [0.4, 0.5) is 0 Å². The van der Waals surface area contributed by atoms with Gasteiger partial charge in [-0.15, -0.1) is 0 Å². The zero-order chi connectivity index (χ0) is 12.8. The minimum Gasteiger partial charge on any atom is -0.317 e. The minimum atomic E-state index is 0.875. The second kappa shape index (κ2) is 7.27. The Bertz CT molecular complexity index is 359. The molecule has 0 spiro atoms. The van der Waals surface area contributed by atoms with Crippen molar-refractivity contribution in [1.29, 1.82) is 0 Å². The van der Waals surface area contributed by atoms with E-state index in [1.165, 1.54) is 42.5 Å². The Kier molecular flexibility index (Phi) is 5.67. The number of piperidine rings is 1. The quantitative estimate of drug-likeness (QED) is 0.898. The van der Waals surface area contributed by atoms with Gasteiger partial charge in [0.2, 0.25) is 0 Å². The number of rotatable bonds is 5. The lowest BCUT2D eigenvalue weighted by Crippen LogP contribution is -2.36. The average Bonchev–Trinajstić information content (AvgIpc) is 2.41. The summed E-state index contributed by atoms with van der Waals surface area (Å²) >= 11 is 3.63. The molecule has 1 fully saturated rings. The lowest BCUT2D eigenvalue weighted by molar-refractivity contribution is 0.175. The van der Waals surface area contributed by atoms with Crippen molar-refractivity contribution < 1.29 is 0 Å². The molecular formula is C15H23BrN2. The van der Waals surface area contributed by atoms with Crippen LogP contribution in [0.25, 0.3) is 0 Å². The standard InChI is InChI=1S/C15H23BrN2/c1-2-17-11-13-7-9-18(10-8-13)12-14-5-3-4-6-15(14)16/h3-6,13,17H,2,7-12H2,1H3. The monoisotopic (exact) mass is 310 g/mol. The van der Waals surface area contributed by atoms with Crippen LogP contribution in [0.2, 0.25) is 0 Å². The summed E-state index contributed by atoms with van der Waals surface area (Å²) in [6, 6.07) is 8.55. The van der Waals surface area contributed by atoms with Crippen molar-refractivity contribution in [1.82, 2.24) is 10.2 Å². The average molecular weight is 311 g/mol. The molecule has 0 unspecified atom stereocenters. The van der Waals surface area contributed by atoms with Crippen molar-refractivity contribution in [2.45, 2.75) is 26.3 Å². The fraction of sp³-hybridized carbons (Fsp3) is 0.600. The molecule has 1 heterocycles. The Morgan fingerprint density at radius 2 is 2.00 bits per heavy atom. The van der Waals surface area contributed by atoms with Gasteiger partial charge in [0, 0.05) is 11.0 Å². The van der Waals surface area contributed by atoms with Crippen LogP contribution in [0.15, 0.2) is 28.7 Å². The molecule has 0 aromatic heterocycles.